The van der Waals surface area contributed by atoms with E-state index in [-0.39, 0.29) is 0 Å². The summed E-state index contributed by atoms with van der Waals surface area (Å²) in [7, 11) is 0. The van der Waals surface area contributed by atoms with E-state index >= 15 is 0 Å². The number of benzene rings is 2. The average Bonchev–Trinajstić information content (AvgIpc) is 2.46. The minimum atomic E-state index is 0.592. The van der Waals surface area contributed by atoms with Crippen molar-refractivity contribution in [1.82, 2.24) is 0 Å². The Kier molecular flexibility index (Phi) is 4.21. The molecule has 0 saturated carbocycles. The molecule has 2 aromatic carbocycles. The molecule has 1 heterocycles. The first-order chi connectivity index (χ1) is 9.74. The Morgan fingerprint density at radius 1 is 1.15 bits per heavy atom. The molecule has 0 spiro atoms. The summed E-state index contributed by atoms with van der Waals surface area (Å²) >= 11 is 8.46. The summed E-state index contributed by atoms with van der Waals surface area (Å²) in [6.07, 6.45) is 0. The second kappa shape index (κ2) is 6.10. The molecule has 1 N–H and O–H groups in total. The van der Waals surface area contributed by atoms with E-state index in [4.69, 9.17) is 21.1 Å². The number of rotatable bonds is 3. The van der Waals surface area contributed by atoms with Crippen LogP contribution < -0.4 is 14.8 Å². The number of halogens is 2. The predicted molar refractivity (Wildman–Crippen MR) is 88.9 cm³/mol. The Bertz CT molecular complexity index is 633. The highest BCUT2D eigenvalue weighted by atomic mass is 127. The van der Waals surface area contributed by atoms with E-state index in [9.17, 15) is 0 Å². The summed E-state index contributed by atoms with van der Waals surface area (Å²) < 4.78 is 12.4. The maximum atomic E-state index is 6.22. The zero-order valence-corrected chi connectivity index (χ0v) is 13.6. The van der Waals surface area contributed by atoms with E-state index in [1.807, 2.05) is 36.4 Å². The van der Waals surface area contributed by atoms with Gasteiger partial charge >= 0.3 is 0 Å². The second-order valence-corrected chi connectivity index (χ2v) is 6.07. The molecule has 0 atom stereocenters. The van der Waals surface area contributed by atoms with Crippen molar-refractivity contribution in [3.8, 4) is 11.5 Å². The molecule has 3 nitrogen and oxygen atoms in total. The van der Waals surface area contributed by atoms with Crippen LogP contribution in [-0.4, -0.2) is 13.2 Å². The Hall–Kier alpha value is -1.14. The third-order valence-electron chi connectivity index (χ3n) is 3.05. The van der Waals surface area contributed by atoms with Crippen LogP contribution in [0, 0.1) is 3.57 Å². The Balaban J connectivity index is 1.78. The second-order valence-electron chi connectivity index (χ2n) is 4.42. The number of hydrogen-bond acceptors (Lipinski definition) is 3. The highest BCUT2D eigenvalue weighted by Crippen LogP contribution is 2.34. The van der Waals surface area contributed by atoms with Gasteiger partial charge in [-0.1, -0.05) is 23.7 Å². The summed E-state index contributed by atoms with van der Waals surface area (Å²) in [6.45, 7) is 1.84. The standard InChI is InChI=1S/C15H13ClINO2/c16-12-8-11(17)4-5-13(12)18-9-10-2-1-3-14-15(10)20-7-6-19-14/h1-5,8,18H,6-7,9H2. The molecule has 0 fully saturated rings. The largest absolute Gasteiger partial charge is 0.486 e. The normalized spacial score (nSPS) is 13.1. The van der Waals surface area contributed by atoms with Crippen LogP contribution in [0.4, 0.5) is 5.69 Å². The van der Waals surface area contributed by atoms with Gasteiger partial charge in [0.1, 0.15) is 13.2 Å². The monoisotopic (exact) mass is 401 g/mol. The average molecular weight is 402 g/mol. The van der Waals surface area contributed by atoms with Crippen LogP contribution in [0.25, 0.3) is 0 Å². The SMILES string of the molecule is Clc1cc(I)ccc1NCc1cccc2c1OCCO2. The van der Waals surface area contributed by atoms with Crippen molar-refractivity contribution < 1.29 is 9.47 Å². The van der Waals surface area contributed by atoms with Crippen molar-refractivity contribution in [3.63, 3.8) is 0 Å². The minimum absolute atomic E-state index is 0.592. The Morgan fingerprint density at radius 3 is 2.85 bits per heavy atom. The molecule has 5 heteroatoms. The molecule has 0 bridgehead atoms. The van der Waals surface area contributed by atoms with E-state index in [1.165, 1.54) is 0 Å². The molecule has 0 aromatic heterocycles. The molecular formula is C15H13ClINO2. The van der Waals surface area contributed by atoms with Gasteiger partial charge in [0.05, 0.1) is 10.7 Å². The molecule has 0 amide bonds. The van der Waals surface area contributed by atoms with Gasteiger partial charge in [0.15, 0.2) is 11.5 Å². The van der Waals surface area contributed by atoms with Crippen LogP contribution in [0.5, 0.6) is 11.5 Å². The number of anilines is 1. The Labute approximate surface area is 136 Å². The number of ether oxygens (including phenoxy) is 2. The lowest BCUT2D eigenvalue weighted by Gasteiger charge is -2.21. The predicted octanol–water partition coefficient (Wildman–Crippen LogP) is 4.33. The van der Waals surface area contributed by atoms with Gasteiger partial charge in [-0.05, 0) is 46.9 Å². The quantitative estimate of drug-likeness (QED) is 0.777. The molecule has 3 rings (SSSR count). The molecule has 1 aliphatic heterocycles. The number of para-hydroxylation sites is 1. The van der Waals surface area contributed by atoms with Crippen LogP contribution >= 0.6 is 34.2 Å². The van der Waals surface area contributed by atoms with Crippen LogP contribution in [0.1, 0.15) is 5.56 Å². The van der Waals surface area contributed by atoms with Gasteiger partial charge in [-0.25, -0.2) is 0 Å². The molecule has 0 aliphatic carbocycles. The van der Waals surface area contributed by atoms with E-state index < -0.39 is 0 Å². The minimum Gasteiger partial charge on any atom is -0.486 e. The summed E-state index contributed by atoms with van der Waals surface area (Å²) in [5.41, 5.74) is 1.98. The Morgan fingerprint density at radius 2 is 2.00 bits per heavy atom. The van der Waals surface area contributed by atoms with Crippen molar-refractivity contribution in [3.05, 3.63) is 50.6 Å². The maximum absolute atomic E-state index is 6.22. The van der Waals surface area contributed by atoms with E-state index in [2.05, 4.69) is 27.9 Å². The topological polar surface area (TPSA) is 30.5 Å². The third-order valence-corrected chi connectivity index (χ3v) is 4.03. The number of nitrogens with one attached hydrogen (secondary N) is 1. The first-order valence-electron chi connectivity index (χ1n) is 6.30. The lowest BCUT2D eigenvalue weighted by Crippen LogP contribution is -2.17. The van der Waals surface area contributed by atoms with Crippen molar-refractivity contribution in [2.24, 2.45) is 0 Å². The molecule has 1 aliphatic rings. The van der Waals surface area contributed by atoms with Crippen molar-refractivity contribution in [2.75, 3.05) is 18.5 Å². The maximum Gasteiger partial charge on any atom is 0.166 e. The summed E-state index contributed by atoms with van der Waals surface area (Å²) in [5.74, 6) is 1.64. The van der Waals surface area contributed by atoms with Gasteiger partial charge < -0.3 is 14.8 Å². The molecule has 104 valence electrons. The molecule has 2 aromatic rings. The fraction of sp³-hybridized carbons (Fsp3) is 0.200. The van der Waals surface area contributed by atoms with Gasteiger partial charge in [-0.15, -0.1) is 0 Å². The van der Waals surface area contributed by atoms with E-state index in [1.54, 1.807) is 0 Å². The number of hydrogen-bond donors (Lipinski definition) is 1. The third kappa shape index (κ3) is 2.96. The van der Waals surface area contributed by atoms with Gasteiger partial charge in [0.25, 0.3) is 0 Å². The van der Waals surface area contributed by atoms with Gasteiger partial charge in [-0.2, -0.15) is 0 Å². The van der Waals surface area contributed by atoms with Crippen LogP contribution in [0.2, 0.25) is 5.02 Å². The molecule has 0 radical (unpaired) electrons. The van der Waals surface area contributed by atoms with Crippen LogP contribution in [-0.2, 0) is 6.54 Å². The molecular weight excluding hydrogens is 389 g/mol. The van der Waals surface area contributed by atoms with E-state index in [0.29, 0.717) is 19.8 Å². The first kappa shape index (κ1) is 13.8. The van der Waals surface area contributed by atoms with Gasteiger partial charge in [-0.3, -0.25) is 0 Å². The fourth-order valence-corrected chi connectivity index (χ4v) is 3.02. The lowest BCUT2D eigenvalue weighted by molar-refractivity contribution is 0.170. The smallest absolute Gasteiger partial charge is 0.166 e. The molecule has 0 unspecified atom stereocenters. The molecule has 20 heavy (non-hydrogen) atoms. The van der Waals surface area contributed by atoms with Gasteiger partial charge in [0, 0.05) is 15.7 Å². The zero-order valence-electron chi connectivity index (χ0n) is 10.7. The summed E-state index contributed by atoms with van der Waals surface area (Å²) in [6, 6.07) is 11.9. The van der Waals surface area contributed by atoms with Crippen molar-refractivity contribution in [1.29, 1.82) is 0 Å². The lowest BCUT2D eigenvalue weighted by atomic mass is 10.1. The van der Waals surface area contributed by atoms with Crippen molar-refractivity contribution in [2.45, 2.75) is 6.54 Å². The van der Waals surface area contributed by atoms with Crippen LogP contribution in [0.15, 0.2) is 36.4 Å². The zero-order chi connectivity index (χ0) is 13.9. The highest BCUT2D eigenvalue weighted by Gasteiger charge is 2.15. The van der Waals surface area contributed by atoms with E-state index in [0.717, 1.165) is 31.3 Å². The molecule has 0 saturated heterocycles. The highest BCUT2D eigenvalue weighted by molar-refractivity contribution is 14.1. The summed E-state index contributed by atoms with van der Waals surface area (Å²) in [4.78, 5) is 0. The summed E-state index contributed by atoms with van der Waals surface area (Å²) in [5, 5.41) is 4.06. The fourth-order valence-electron chi connectivity index (χ4n) is 2.10. The van der Waals surface area contributed by atoms with Gasteiger partial charge in [0.2, 0.25) is 0 Å². The number of fused-ring (bicyclic) bond motifs is 1. The first-order valence-corrected chi connectivity index (χ1v) is 7.76. The van der Waals surface area contributed by atoms with Crippen LogP contribution in [0.3, 0.4) is 0 Å². The van der Waals surface area contributed by atoms with Crippen molar-refractivity contribution >= 4 is 39.9 Å².